The van der Waals surface area contributed by atoms with Gasteiger partial charge in [-0.05, 0) is 24.3 Å². The Bertz CT molecular complexity index is 1130. The summed E-state index contributed by atoms with van der Waals surface area (Å²) in [7, 11) is 10.9. The smallest absolute Gasteiger partial charge is 0.123 e. The zero-order valence-corrected chi connectivity index (χ0v) is 27.4. The number of aromatic nitrogens is 3. The van der Waals surface area contributed by atoms with Gasteiger partial charge in [0.05, 0.1) is 110 Å². The van der Waals surface area contributed by atoms with Crippen LogP contribution in [0, 0.1) is 0 Å². The second-order valence-electron chi connectivity index (χ2n) is 11.3. The molecule has 0 saturated carbocycles. The molecule has 0 unspecified atom stereocenters. The van der Waals surface area contributed by atoms with Gasteiger partial charge in [0.15, 0.2) is 0 Å². The average Bonchev–Trinajstić information content (AvgIpc) is 2.88. The van der Waals surface area contributed by atoms with E-state index in [-0.39, 0.29) is 48.0 Å². The molecule has 10 heteroatoms. The second kappa shape index (κ2) is 12.6. The fourth-order valence-corrected chi connectivity index (χ4v) is 4.93. The van der Waals surface area contributed by atoms with E-state index in [0.717, 1.165) is 89.8 Å². The molecule has 206 valence electrons. The number of likely N-dealkylation sites (N-methyl/N-ethyl adjacent to an activating group) is 2. The zero-order valence-electron chi connectivity index (χ0n) is 23.1. The normalized spacial score (nSPS) is 18.2. The van der Waals surface area contributed by atoms with Gasteiger partial charge < -0.3 is 71.5 Å². The van der Waals surface area contributed by atoms with Crippen molar-refractivity contribution in [2.24, 2.45) is 0 Å². The lowest BCUT2D eigenvalue weighted by atomic mass is 10.1. The Labute approximate surface area is 261 Å². The van der Waals surface area contributed by atoms with Crippen LogP contribution in [-0.4, -0.2) is 112 Å². The summed E-state index contributed by atoms with van der Waals surface area (Å²) >= 11 is 0. The number of hydrogen-bond acceptors (Lipinski definition) is 6. The fraction of sp³-hybridized carbons (Fsp3) is 0.464. The number of halogens is 2. The van der Waals surface area contributed by atoms with Gasteiger partial charge in [-0.15, -0.1) is 0 Å². The fourth-order valence-electron chi connectivity index (χ4n) is 4.93. The molecule has 2 fully saturated rings. The van der Waals surface area contributed by atoms with Gasteiger partial charge in [0.25, 0.3) is 0 Å². The van der Waals surface area contributed by atoms with Crippen molar-refractivity contribution in [3.05, 3.63) is 48.8 Å². The van der Waals surface area contributed by atoms with Gasteiger partial charge in [-0.2, -0.15) is 0 Å². The third kappa shape index (κ3) is 7.24. The maximum Gasteiger partial charge on any atom is 0.123 e. The van der Waals surface area contributed by atoms with Gasteiger partial charge in [0.1, 0.15) is 5.75 Å². The summed E-state index contributed by atoms with van der Waals surface area (Å²) in [4.78, 5) is 19.2. The largest absolute Gasteiger partial charge is 1.00 e. The molecule has 8 nitrogen and oxygen atoms in total. The monoisotopic (exact) mass is 743 g/mol. The van der Waals surface area contributed by atoms with Crippen molar-refractivity contribution in [3.8, 4) is 28.5 Å². The van der Waals surface area contributed by atoms with Gasteiger partial charge in [-0.25, -0.2) is 4.98 Å². The molecule has 0 N–H and O–H groups in total. The van der Waals surface area contributed by atoms with E-state index in [9.17, 15) is 0 Å². The van der Waals surface area contributed by atoms with E-state index in [4.69, 9.17) is 9.72 Å². The van der Waals surface area contributed by atoms with Crippen molar-refractivity contribution in [2.75, 3.05) is 97.5 Å². The molecule has 5 rings (SSSR count). The van der Waals surface area contributed by atoms with E-state index >= 15 is 0 Å². The van der Waals surface area contributed by atoms with Crippen LogP contribution in [0.4, 0.5) is 11.4 Å². The number of piperazine rings is 2. The Morgan fingerprint density at radius 1 is 0.632 bits per heavy atom. The van der Waals surface area contributed by atoms with Crippen LogP contribution in [0.1, 0.15) is 0 Å². The number of pyridine rings is 3. The van der Waals surface area contributed by atoms with Crippen LogP contribution < -0.4 is 62.5 Å². The number of ether oxygens (including phenoxy) is 1. The maximum absolute atomic E-state index is 5.66. The average molecular weight is 743 g/mol. The lowest BCUT2D eigenvalue weighted by molar-refractivity contribution is -0.890. The third-order valence-corrected chi connectivity index (χ3v) is 7.68. The first-order chi connectivity index (χ1) is 17.2. The molecule has 0 spiro atoms. The number of hydrogen-bond donors (Lipinski definition) is 0. The Kier molecular flexibility index (Phi) is 10.2. The van der Waals surface area contributed by atoms with Gasteiger partial charge in [-0.3, -0.25) is 9.97 Å². The molecule has 0 atom stereocenters. The van der Waals surface area contributed by atoms with E-state index < -0.39 is 0 Å². The first-order valence-electron chi connectivity index (χ1n) is 12.8. The summed E-state index contributed by atoms with van der Waals surface area (Å²) < 4.78 is 7.79. The van der Waals surface area contributed by atoms with Crippen LogP contribution in [-0.2, 0) is 0 Å². The van der Waals surface area contributed by atoms with Crippen molar-refractivity contribution < 1.29 is 61.7 Å². The molecule has 38 heavy (non-hydrogen) atoms. The highest BCUT2D eigenvalue weighted by Gasteiger charge is 2.26. The molecule has 0 amide bonds. The minimum atomic E-state index is 0. The SMILES string of the molecule is COc1cc(-c2cc(N3CC[N+](C)(C)CC3)ccn2)nc(-c2cc(N3CC[N+](C)(C)CC3)ccn2)c1.[I-].[I-]. The Balaban J connectivity index is 0.00000200. The van der Waals surface area contributed by atoms with E-state index in [1.54, 1.807) is 7.11 Å². The van der Waals surface area contributed by atoms with Gasteiger partial charge in [-0.1, -0.05) is 0 Å². The van der Waals surface area contributed by atoms with Gasteiger partial charge >= 0.3 is 0 Å². The highest BCUT2D eigenvalue weighted by molar-refractivity contribution is 5.69. The van der Waals surface area contributed by atoms with Crippen LogP contribution in [0.5, 0.6) is 5.75 Å². The Morgan fingerprint density at radius 3 is 1.39 bits per heavy atom. The van der Waals surface area contributed by atoms with Crippen molar-refractivity contribution in [2.45, 2.75) is 0 Å². The summed E-state index contributed by atoms with van der Waals surface area (Å²) in [5, 5.41) is 0. The van der Waals surface area contributed by atoms with Crippen molar-refractivity contribution in [1.82, 2.24) is 15.0 Å². The van der Waals surface area contributed by atoms with Crippen molar-refractivity contribution >= 4 is 11.4 Å². The Morgan fingerprint density at radius 2 is 1.03 bits per heavy atom. The molecular formula is C28H39I2N7O. The van der Waals surface area contributed by atoms with Crippen LogP contribution >= 0.6 is 0 Å². The molecule has 2 saturated heterocycles. The second-order valence-corrected chi connectivity index (χ2v) is 11.3. The van der Waals surface area contributed by atoms with Crippen LogP contribution in [0.25, 0.3) is 22.8 Å². The molecule has 2 aliphatic rings. The summed E-state index contributed by atoms with van der Waals surface area (Å²) in [6.45, 7) is 8.69. The van der Waals surface area contributed by atoms with E-state index in [0.29, 0.717) is 0 Å². The van der Waals surface area contributed by atoms with E-state index in [1.807, 2.05) is 24.5 Å². The molecule has 3 aromatic rings. The summed E-state index contributed by atoms with van der Waals surface area (Å²) in [6, 6.07) is 12.4. The number of quaternary nitrogens is 2. The highest BCUT2D eigenvalue weighted by Crippen LogP contribution is 2.30. The summed E-state index contributed by atoms with van der Waals surface area (Å²) in [5.41, 5.74) is 5.67. The maximum atomic E-state index is 5.66. The number of anilines is 2. The van der Waals surface area contributed by atoms with Gasteiger partial charge in [0.2, 0.25) is 0 Å². The molecule has 0 bridgehead atoms. The van der Waals surface area contributed by atoms with Crippen molar-refractivity contribution in [1.29, 1.82) is 0 Å². The van der Waals surface area contributed by atoms with E-state index in [1.165, 1.54) is 11.4 Å². The van der Waals surface area contributed by atoms with Crippen LogP contribution in [0.3, 0.4) is 0 Å². The zero-order chi connectivity index (χ0) is 25.3. The molecule has 3 aromatic heterocycles. The Hall–Kier alpha value is -1.77. The number of methoxy groups -OCH3 is 1. The highest BCUT2D eigenvalue weighted by atomic mass is 127. The minimum absolute atomic E-state index is 0. The summed E-state index contributed by atoms with van der Waals surface area (Å²) in [5.74, 6) is 0.753. The first-order valence-corrected chi connectivity index (χ1v) is 12.8. The van der Waals surface area contributed by atoms with Crippen molar-refractivity contribution in [3.63, 3.8) is 0 Å². The predicted octanol–water partition coefficient (Wildman–Crippen LogP) is -2.98. The third-order valence-electron chi connectivity index (χ3n) is 7.68. The molecule has 0 radical (unpaired) electrons. The topological polar surface area (TPSA) is 54.4 Å². The predicted molar refractivity (Wildman–Crippen MR) is 145 cm³/mol. The van der Waals surface area contributed by atoms with Crippen LogP contribution in [0.2, 0.25) is 0 Å². The molecule has 0 aliphatic carbocycles. The van der Waals surface area contributed by atoms with Crippen LogP contribution in [0.15, 0.2) is 48.8 Å². The standard InChI is InChI=1S/C28H39N7O.2HI/c1-34(2)14-10-32(11-15-34)22-6-8-29-25(18-22)27-20-24(36-5)21-28(31-27)26-19-23(7-9-30-26)33-12-16-35(3,4)17-13-33;;/h6-9,18-21H,10-17H2,1-5H3;2*1H/q+2;;/p-2. The minimum Gasteiger partial charge on any atom is -1.00 e. The number of nitrogens with zero attached hydrogens (tertiary/aromatic N) is 7. The number of rotatable bonds is 5. The summed E-state index contributed by atoms with van der Waals surface area (Å²) in [6.07, 6.45) is 3.77. The lowest BCUT2D eigenvalue weighted by Crippen LogP contribution is -3.00. The molecule has 0 aromatic carbocycles. The quantitative estimate of drug-likeness (QED) is 0.206. The van der Waals surface area contributed by atoms with E-state index in [2.05, 4.69) is 72.2 Å². The molecular weight excluding hydrogens is 704 g/mol. The first kappa shape index (κ1) is 30.8. The lowest BCUT2D eigenvalue weighted by Gasteiger charge is -2.40. The van der Waals surface area contributed by atoms with Gasteiger partial charge in [0, 0.05) is 35.9 Å². The molecule has 2 aliphatic heterocycles. The molecule has 5 heterocycles.